The van der Waals surface area contributed by atoms with E-state index >= 15 is 0 Å². The first-order chi connectivity index (χ1) is 11.7. The summed E-state index contributed by atoms with van der Waals surface area (Å²) < 4.78 is 10.7. The molecule has 0 aliphatic carbocycles. The molecule has 2 aliphatic heterocycles. The van der Waals surface area contributed by atoms with Crippen molar-refractivity contribution in [1.29, 1.82) is 0 Å². The van der Waals surface area contributed by atoms with E-state index in [4.69, 9.17) is 9.47 Å². The number of halogens is 1. The van der Waals surface area contributed by atoms with Crippen LogP contribution in [0.25, 0.3) is 0 Å². The van der Waals surface area contributed by atoms with Gasteiger partial charge in [0.25, 0.3) is 0 Å². The Morgan fingerprint density at radius 1 is 1.16 bits per heavy atom. The number of fused-ring (bicyclic) bond motifs is 1. The van der Waals surface area contributed by atoms with Crippen molar-refractivity contribution >= 4 is 18.3 Å². The van der Waals surface area contributed by atoms with Crippen LogP contribution in [-0.2, 0) is 11.2 Å². The summed E-state index contributed by atoms with van der Waals surface area (Å²) in [4.78, 5) is 14.7. The Morgan fingerprint density at radius 3 is 2.44 bits per heavy atom. The molecule has 1 N–H and O–H groups in total. The average Bonchev–Trinajstić information content (AvgIpc) is 2.97. The maximum Gasteiger partial charge on any atom is 0.222 e. The standard InChI is InChI=1S/C19H28N2O3.ClH/c1-23-17-4-5-18(24-2)14(11-17)3-6-19(22)21-9-7-15-12-20-13-16(15)8-10-21;/h4-5,11,15-16,20H,3,6-10,12-13H2,1-2H3;1H/t15-,16+;. The van der Waals surface area contributed by atoms with E-state index in [0.717, 1.165) is 67.9 Å². The molecule has 140 valence electrons. The predicted octanol–water partition coefficient (Wildman–Crippen LogP) is 2.52. The molecule has 0 aromatic heterocycles. The highest BCUT2D eigenvalue weighted by Crippen LogP contribution is 2.28. The molecule has 6 heteroatoms. The quantitative estimate of drug-likeness (QED) is 0.867. The number of carbonyl (C=O) groups excluding carboxylic acids is 1. The Kier molecular flexibility index (Phi) is 7.38. The van der Waals surface area contributed by atoms with Gasteiger partial charge in [0.2, 0.25) is 5.91 Å². The van der Waals surface area contributed by atoms with Crippen molar-refractivity contribution < 1.29 is 14.3 Å². The Morgan fingerprint density at radius 2 is 1.84 bits per heavy atom. The summed E-state index contributed by atoms with van der Waals surface area (Å²) in [7, 11) is 3.31. The van der Waals surface area contributed by atoms with Crippen LogP contribution in [0.2, 0.25) is 0 Å². The molecular weight excluding hydrogens is 340 g/mol. The number of carbonyl (C=O) groups is 1. The molecule has 0 unspecified atom stereocenters. The number of aryl methyl sites for hydroxylation is 1. The second-order valence-electron chi connectivity index (χ2n) is 6.81. The van der Waals surface area contributed by atoms with Gasteiger partial charge in [0, 0.05) is 19.5 Å². The highest BCUT2D eigenvalue weighted by molar-refractivity contribution is 5.85. The number of benzene rings is 1. The van der Waals surface area contributed by atoms with Gasteiger partial charge in [-0.25, -0.2) is 0 Å². The van der Waals surface area contributed by atoms with Crippen LogP contribution in [0.3, 0.4) is 0 Å². The van der Waals surface area contributed by atoms with Crippen LogP contribution in [-0.4, -0.2) is 51.2 Å². The zero-order valence-electron chi connectivity index (χ0n) is 15.1. The van der Waals surface area contributed by atoms with Crippen molar-refractivity contribution in [2.24, 2.45) is 11.8 Å². The largest absolute Gasteiger partial charge is 0.497 e. The Hall–Kier alpha value is -1.46. The summed E-state index contributed by atoms with van der Waals surface area (Å²) in [6.45, 7) is 4.04. The van der Waals surface area contributed by atoms with Gasteiger partial charge in [0.1, 0.15) is 11.5 Å². The second kappa shape index (κ2) is 9.30. The van der Waals surface area contributed by atoms with Crippen LogP contribution in [0, 0.1) is 11.8 Å². The minimum Gasteiger partial charge on any atom is -0.497 e. The van der Waals surface area contributed by atoms with Gasteiger partial charge < -0.3 is 19.7 Å². The monoisotopic (exact) mass is 368 g/mol. The van der Waals surface area contributed by atoms with E-state index in [-0.39, 0.29) is 18.3 Å². The first-order valence-electron chi connectivity index (χ1n) is 8.90. The Balaban J connectivity index is 0.00000225. The van der Waals surface area contributed by atoms with Crippen molar-refractivity contribution in [2.75, 3.05) is 40.4 Å². The zero-order valence-corrected chi connectivity index (χ0v) is 15.9. The van der Waals surface area contributed by atoms with Crippen molar-refractivity contribution in [1.82, 2.24) is 10.2 Å². The molecule has 1 aromatic carbocycles. The smallest absolute Gasteiger partial charge is 0.222 e. The first kappa shape index (κ1) is 19.9. The third kappa shape index (κ3) is 4.79. The number of amides is 1. The minimum atomic E-state index is 0. The van der Waals surface area contributed by atoms with Gasteiger partial charge in [0.15, 0.2) is 0 Å². The highest BCUT2D eigenvalue weighted by Gasteiger charge is 2.31. The molecule has 1 amide bonds. The number of methoxy groups -OCH3 is 2. The molecule has 5 nitrogen and oxygen atoms in total. The summed E-state index contributed by atoms with van der Waals surface area (Å²) in [6, 6.07) is 5.75. The third-order valence-corrected chi connectivity index (χ3v) is 5.47. The summed E-state index contributed by atoms with van der Waals surface area (Å²) in [6.07, 6.45) is 3.47. The van der Waals surface area contributed by atoms with E-state index in [2.05, 4.69) is 10.2 Å². The molecule has 1 aromatic rings. The lowest BCUT2D eigenvalue weighted by atomic mass is 9.92. The SMILES string of the molecule is COc1ccc(OC)c(CCC(=O)N2CC[C@@H]3CNC[C@@H]3CC2)c1.Cl. The van der Waals surface area contributed by atoms with Crippen LogP contribution in [0.5, 0.6) is 11.5 Å². The molecule has 2 atom stereocenters. The molecule has 2 aliphatic rings. The molecule has 0 bridgehead atoms. The molecule has 0 radical (unpaired) electrons. The van der Waals surface area contributed by atoms with E-state index in [1.165, 1.54) is 0 Å². The van der Waals surface area contributed by atoms with E-state index in [1.54, 1.807) is 14.2 Å². The lowest BCUT2D eigenvalue weighted by molar-refractivity contribution is -0.131. The van der Waals surface area contributed by atoms with Crippen molar-refractivity contribution in [3.8, 4) is 11.5 Å². The van der Waals surface area contributed by atoms with Crippen LogP contribution in [0.1, 0.15) is 24.8 Å². The maximum absolute atomic E-state index is 12.6. The molecule has 0 spiro atoms. The maximum atomic E-state index is 12.6. The molecule has 2 heterocycles. The van der Waals surface area contributed by atoms with E-state index in [1.807, 2.05) is 18.2 Å². The van der Waals surface area contributed by atoms with Gasteiger partial charge >= 0.3 is 0 Å². The van der Waals surface area contributed by atoms with E-state index in [9.17, 15) is 4.79 Å². The number of rotatable bonds is 5. The summed E-state index contributed by atoms with van der Waals surface area (Å²) in [5.41, 5.74) is 1.03. The Bertz CT molecular complexity index is 568. The first-order valence-corrected chi connectivity index (χ1v) is 8.90. The van der Waals surface area contributed by atoms with Crippen molar-refractivity contribution in [3.63, 3.8) is 0 Å². The number of hydrogen-bond acceptors (Lipinski definition) is 4. The van der Waals surface area contributed by atoms with Crippen LogP contribution >= 0.6 is 12.4 Å². The summed E-state index contributed by atoms with van der Waals surface area (Å²) >= 11 is 0. The van der Waals surface area contributed by atoms with Crippen molar-refractivity contribution in [2.45, 2.75) is 25.7 Å². The summed E-state index contributed by atoms with van der Waals surface area (Å²) in [5.74, 6) is 3.38. The fourth-order valence-electron chi connectivity index (χ4n) is 3.94. The molecular formula is C19H29ClN2O3. The number of hydrogen-bond donors (Lipinski definition) is 1. The topological polar surface area (TPSA) is 50.8 Å². The third-order valence-electron chi connectivity index (χ3n) is 5.47. The number of nitrogens with zero attached hydrogens (tertiary/aromatic N) is 1. The van der Waals surface area contributed by atoms with Crippen LogP contribution < -0.4 is 14.8 Å². The lowest BCUT2D eigenvalue weighted by Gasteiger charge is -2.21. The molecule has 0 saturated carbocycles. The number of likely N-dealkylation sites (tertiary alicyclic amines) is 1. The fraction of sp³-hybridized carbons (Fsp3) is 0.632. The van der Waals surface area contributed by atoms with Crippen molar-refractivity contribution in [3.05, 3.63) is 23.8 Å². The molecule has 3 rings (SSSR count). The number of ether oxygens (including phenoxy) is 2. The van der Waals surface area contributed by atoms with Gasteiger partial charge in [-0.2, -0.15) is 0 Å². The molecule has 2 fully saturated rings. The van der Waals surface area contributed by atoms with Gasteiger partial charge in [0.05, 0.1) is 14.2 Å². The molecule has 2 saturated heterocycles. The van der Waals surface area contributed by atoms with Crippen LogP contribution in [0.4, 0.5) is 0 Å². The van der Waals surface area contributed by atoms with E-state index < -0.39 is 0 Å². The minimum absolute atomic E-state index is 0. The lowest BCUT2D eigenvalue weighted by Crippen LogP contribution is -2.32. The highest BCUT2D eigenvalue weighted by atomic mass is 35.5. The fourth-order valence-corrected chi connectivity index (χ4v) is 3.94. The predicted molar refractivity (Wildman–Crippen MR) is 101 cm³/mol. The van der Waals surface area contributed by atoms with Crippen LogP contribution in [0.15, 0.2) is 18.2 Å². The Labute approximate surface area is 156 Å². The van der Waals surface area contributed by atoms with Gasteiger partial charge in [-0.3, -0.25) is 4.79 Å². The second-order valence-corrected chi connectivity index (χ2v) is 6.81. The average molecular weight is 369 g/mol. The zero-order chi connectivity index (χ0) is 16.9. The molecule has 25 heavy (non-hydrogen) atoms. The van der Waals surface area contributed by atoms with E-state index in [0.29, 0.717) is 12.8 Å². The van der Waals surface area contributed by atoms with Gasteiger partial charge in [-0.15, -0.1) is 12.4 Å². The summed E-state index contributed by atoms with van der Waals surface area (Å²) in [5, 5.41) is 3.48. The van der Waals surface area contributed by atoms with Gasteiger partial charge in [-0.05, 0) is 68.0 Å². The normalized spacial score (nSPS) is 22.6. The number of nitrogens with one attached hydrogen (secondary N) is 1. The van der Waals surface area contributed by atoms with Gasteiger partial charge in [-0.1, -0.05) is 0 Å².